The highest BCUT2D eigenvalue weighted by molar-refractivity contribution is 6.06. The Balaban J connectivity index is 2.09. The lowest BCUT2D eigenvalue weighted by atomic mass is 10.2. The molecule has 0 unspecified atom stereocenters. The van der Waals surface area contributed by atoms with Crippen molar-refractivity contribution in [1.29, 1.82) is 0 Å². The van der Waals surface area contributed by atoms with Crippen LogP contribution in [0.4, 0.5) is 5.69 Å². The second kappa shape index (κ2) is 6.35. The van der Waals surface area contributed by atoms with Crippen LogP contribution in [0.2, 0.25) is 0 Å². The molecule has 0 fully saturated rings. The summed E-state index contributed by atoms with van der Waals surface area (Å²) in [5, 5.41) is 9.43. The summed E-state index contributed by atoms with van der Waals surface area (Å²) in [5.74, 6) is 0.0685. The lowest BCUT2D eigenvalue weighted by molar-refractivity contribution is 0.0986. The topological polar surface area (TPSA) is 57.8 Å². The van der Waals surface area contributed by atoms with Crippen molar-refractivity contribution in [3.63, 3.8) is 0 Å². The normalized spacial score (nSPS) is 11.0. The number of carbonyl (C=O) groups is 1. The molecule has 0 saturated heterocycles. The molecule has 5 nitrogen and oxygen atoms in total. The zero-order valence-corrected chi connectivity index (χ0v) is 14.2. The van der Waals surface area contributed by atoms with Crippen LogP contribution in [-0.4, -0.2) is 27.4 Å². The van der Waals surface area contributed by atoms with E-state index >= 15 is 0 Å². The van der Waals surface area contributed by atoms with Crippen molar-refractivity contribution in [3.05, 3.63) is 59.5 Å². The first-order chi connectivity index (χ1) is 11.5. The Morgan fingerprint density at radius 1 is 1.21 bits per heavy atom. The van der Waals surface area contributed by atoms with Gasteiger partial charge in [-0.15, -0.1) is 0 Å². The fraction of sp³-hybridized carbons (Fsp3) is 0.263. The third-order valence-corrected chi connectivity index (χ3v) is 4.07. The predicted molar refractivity (Wildman–Crippen MR) is 94.8 cm³/mol. The van der Waals surface area contributed by atoms with Gasteiger partial charge in [-0.2, -0.15) is 0 Å². The third kappa shape index (κ3) is 2.85. The number of aromatic nitrogens is 2. The molecule has 24 heavy (non-hydrogen) atoms. The molecular formula is C19H21N3O2. The van der Waals surface area contributed by atoms with Gasteiger partial charge in [-0.25, -0.2) is 4.98 Å². The number of hydrogen-bond donors (Lipinski definition) is 1. The molecule has 0 aliphatic rings. The number of benzene rings is 1. The summed E-state index contributed by atoms with van der Waals surface area (Å²) in [6.07, 6.45) is 3.62. The number of fused-ring (bicyclic) bond motifs is 1. The van der Waals surface area contributed by atoms with E-state index in [2.05, 4.69) is 11.9 Å². The second-order valence-electron chi connectivity index (χ2n) is 5.97. The summed E-state index contributed by atoms with van der Waals surface area (Å²) in [4.78, 5) is 19.3. The van der Waals surface area contributed by atoms with E-state index in [1.807, 2.05) is 29.7 Å². The summed E-state index contributed by atoms with van der Waals surface area (Å²) < 4.78 is 1.87. The van der Waals surface area contributed by atoms with Crippen molar-refractivity contribution < 1.29 is 9.90 Å². The molecular weight excluding hydrogens is 302 g/mol. The SMILES string of the molecule is CCCc1nc2ccc(C)cn2c1C(=O)N(C)c1ccc(O)cc1. The van der Waals surface area contributed by atoms with Crippen LogP contribution in [0, 0.1) is 6.92 Å². The first-order valence-corrected chi connectivity index (χ1v) is 8.06. The van der Waals surface area contributed by atoms with Crippen LogP contribution in [0.3, 0.4) is 0 Å². The second-order valence-corrected chi connectivity index (χ2v) is 5.97. The van der Waals surface area contributed by atoms with Gasteiger partial charge in [-0.05, 0) is 49.2 Å². The minimum Gasteiger partial charge on any atom is -0.508 e. The van der Waals surface area contributed by atoms with E-state index in [1.165, 1.54) is 0 Å². The zero-order valence-electron chi connectivity index (χ0n) is 14.2. The molecule has 1 aromatic carbocycles. The maximum Gasteiger partial charge on any atom is 0.276 e. The average Bonchev–Trinajstić information content (AvgIpc) is 2.91. The summed E-state index contributed by atoms with van der Waals surface area (Å²) in [5.41, 5.74) is 4.00. The number of aromatic hydroxyl groups is 1. The van der Waals surface area contributed by atoms with Crippen LogP contribution in [-0.2, 0) is 6.42 Å². The average molecular weight is 323 g/mol. The van der Waals surface area contributed by atoms with Crippen molar-refractivity contribution in [2.45, 2.75) is 26.7 Å². The van der Waals surface area contributed by atoms with Gasteiger partial charge in [0.15, 0.2) is 0 Å². The predicted octanol–water partition coefficient (Wildman–Crippen LogP) is 3.58. The number of phenols is 1. The van der Waals surface area contributed by atoms with E-state index in [9.17, 15) is 9.90 Å². The van der Waals surface area contributed by atoms with Gasteiger partial charge < -0.3 is 10.0 Å². The smallest absolute Gasteiger partial charge is 0.276 e. The first kappa shape index (κ1) is 16.1. The fourth-order valence-electron chi connectivity index (χ4n) is 2.79. The number of nitrogens with zero attached hydrogens (tertiary/aromatic N) is 3. The molecule has 124 valence electrons. The van der Waals surface area contributed by atoms with E-state index in [0.717, 1.165) is 35.4 Å². The molecule has 1 amide bonds. The first-order valence-electron chi connectivity index (χ1n) is 8.06. The van der Waals surface area contributed by atoms with Crippen LogP contribution in [0.1, 0.15) is 35.1 Å². The largest absolute Gasteiger partial charge is 0.508 e. The molecule has 0 atom stereocenters. The Bertz CT molecular complexity index is 882. The minimum atomic E-state index is -0.109. The van der Waals surface area contributed by atoms with Gasteiger partial charge in [0, 0.05) is 18.9 Å². The number of anilines is 1. The number of carbonyl (C=O) groups excluding carboxylic acids is 1. The Morgan fingerprint density at radius 3 is 2.58 bits per heavy atom. The molecule has 0 aliphatic heterocycles. The lowest BCUT2D eigenvalue weighted by Crippen LogP contribution is -2.28. The number of aryl methyl sites for hydroxylation is 2. The van der Waals surface area contributed by atoms with Gasteiger partial charge in [0.1, 0.15) is 17.1 Å². The van der Waals surface area contributed by atoms with E-state index in [1.54, 1.807) is 36.2 Å². The Hall–Kier alpha value is -2.82. The van der Waals surface area contributed by atoms with E-state index < -0.39 is 0 Å². The molecule has 2 heterocycles. The van der Waals surface area contributed by atoms with Crippen molar-refractivity contribution >= 4 is 17.2 Å². The van der Waals surface area contributed by atoms with Gasteiger partial charge in [-0.1, -0.05) is 19.4 Å². The quantitative estimate of drug-likeness (QED) is 0.798. The molecule has 0 spiro atoms. The summed E-state index contributed by atoms with van der Waals surface area (Å²) in [6.45, 7) is 4.07. The Labute approximate surface area is 141 Å². The Morgan fingerprint density at radius 2 is 1.92 bits per heavy atom. The molecule has 0 aliphatic carbocycles. The van der Waals surface area contributed by atoms with Crippen molar-refractivity contribution in [1.82, 2.24) is 9.38 Å². The fourth-order valence-corrected chi connectivity index (χ4v) is 2.79. The molecule has 0 saturated carbocycles. The number of pyridine rings is 1. The van der Waals surface area contributed by atoms with Crippen LogP contribution < -0.4 is 4.90 Å². The monoisotopic (exact) mass is 323 g/mol. The van der Waals surface area contributed by atoms with Crippen molar-refractivity contribution in [2.24, 2.45) is 0 Å². The summed E-state index contributed by atoms with van der Waals surface area (Å²) in [7, 11) is 1.74. The molecule has 1 N–H and O–H groups in total. The van der Waals surface area contributed by atoms with Gasteiger partial charge in [0.05, 0.1) is 5.69 Å². The highest BCUT2D eigenvalue weighted by Gasteiger charge is 2.22. The van der Waals surface area contributed by atoms with Crippen molar-refractivity contribution in [2.75, 3.05) is 11.9 Å². The van der Waals surface area contributed by atoms with Gasteiger partial charge in [0.25, 0.3) is 5.91 Å². The van der Waals surface area contributed by atoms with Gasteiger partial charge in [0.2, 0.25) is 0 Å². The number of rotatable bonds is 4. The van der Waals surface area contributed by atoms with Gasteiger partial charge >= 0.3 is 0 Å². The van der Waals surface area contributed by atoms with Crippen LogP contribution in [0.15, 0.2) is 42.6 Å². The molecule has 3 rings (SSSR count). The summed E-state index contributed by atoms with van der Waals surface area (Å²) >= 11 is 0. The highest BCUT2D eigenvalue weighted by Crippen LogP contribution is 2.22. The molecule has 0 bridgehead atoms. The Kier molecular flexibility index (Phi) is 4.25. The lowest BCUT2D eigenvalue weighted by Gasteiger charge is -2.18. The maximum atomic E-state index is 13.1. The highest BCUT2D eigenvalue weighted by atomic mass is 16.3. The molecule has 2 aromatic heterocycles. The minimum absolute atomic E-state index is 0.109. The zero-order chi connectivity index (χ0) is 17.3. The summed E-state index contributed by atoms with van der Waals surface area (Å²) in [6, 6.07) is 10.5. The maximum absolute atomic E-state index is 13.1. The van der Waals surface area contributed by atoms with Crippen molar-refractivity contribution in [3.8, 4) is 5.75 Å². The van der Waals surface area contributed by atoms with Crippen LogP contribution >= 0.6 is 0 Å². The third-order valence-electron chi connectivity index (χ3n) is 4.07. The van der Waals surface area contributed by atoms with E-state index in [4.69, 9.17) is 0 Å². The molecule has 3 aromatic rings. The van der Waals surface area contributed by atoms with E-state index in [-0.39, 0.29) is 11.7 Å². The molecule has 0 radical (unpaired) electrons. The number of amides is 1. The van der Waals surface area contributed by atoms with Gasteiger partial charge in [-0.3, -0.25) is 9.20 Å². The number of hydrogen-bond acceptors (Lipinski definition) is 3. The molecule has 5 heteroatoms. The van der Waals surface area contributed by atoms with Crippen LogP contribution in [0.25, 0.3) is 5.65 Å². The van der Waals surface area contributed by atoms with E-state index in [0.29, 0.717) is 5.69 Å². The standard InChI is InChI=1S/C19H21N3O2/c1-4-5-16-18(22-12-13(2)6-11-17(22)20-16)19(24)21(3)14-7-9-15(23)10-8-14/h6-12,23H,4-5H2,1-3H3. The number of phenolic OH excluding ortho intramolecular Hbond substituents is 1. The number of imidazole rings is 1. The van der Waals surface area contributed by atoms with Crippen LogP contribution in [0.5, 0.6) is 5.75 Å².